The number of ether oxygens (including phenoxy) is 2. The number of hydrogen-bond acceptors (Lipinski definition) is 3. The lowest BCUT2D eigenvalue weighted by atomic mass is 9.91. The predicted octanol–water partition coefficient (Wildman–Crippen LogP) is 7.92. The van der Waals surface area contributed by atoms with Gasteiger partial charge in [-0.1, -0.05) is 42.5 Å². The first kappa shape index (κ1) is 26.2. The summed E-state index contributed by atoms with van der Waals surface area (Å²) in [6.07, 6.45) is -11.0. The molecule has 1 atom stereocenters. The number of para-hydroxylation sites is 1. The number of alkyl halides is 7. The maximum absolute atomic E-state index is 12.4. The Morgan fingerprint density at radius 2 is 1.49 bits per heavy atom. The molecule has 0 amide bonds. The average molecular weight is 501 g/mol. The molecule has 0 aliphatic carbocycles. The first-order valence-corrected chi connectivity index (χ1v) is 10.6. The van der Waals surface area contributed by atoms with Crippen LogP contribution < -0.4 is 14.8 Å². The zero-order valence-corrected chi connectivity index (χ0v) is 18.5. The van der Waals surface area contributed by atoms with Crippen molar-refractivity contribution in [2.45, 2.75) is 44.7 Å². The highest BCUT2D eigenvalue weighted by atomic mass is 19.4. The Morgan fingerprint density at radius 1 is 0.829 bits per heavy atom. The summed E-state index contributed by atoms with van der Waals surface area (Å²) in [6.45, 7) is 2.12. The van der Waals surface area contributed by atoms with Crippen LogP contribution >= 0.6 is 0 Å². The first-order valence-electron chi connectivity index (χ1n) is 10.6. The number of fused-ring (bicyclic) bond motifs is 1. The van der Waals surface area contributed by atoms with Crippen LogP contribution in [0.1, 0.15) is 18.9 Å². The number of benzene rings is 3. The molecule has 0 aromatic heterocycles. The van der Waals surface area contributed by atoms with E-state index in [1.165, 1.54) is 36.4 Å². The number of nitrogens with one attached hydrogen (secondary N) is 1. The topological polar surface area (TPSA) is 30.5 Å². The van der Waals surface area contributed by atoms with Crippen molar-refractivity contribution >= 4 is 5.69 Å². The second-order valence-electron chi connectivity index (χ2n) is 7.77. The maximum atomic E-state index is 12.4. The summed E-state index contributed by atoms with van der Waals surface area (Å²) in [4.78, 5) is 0. The lowest BCUT2D eigenvalue weighted by molar-refractivity contribution is -0.274. The SMILES string of the molecule is CC1CCc2c(cccc2-c2cccc(OC(F)(F)F)c2)N1.FC(F)C(F)(F)Oc1ccccc1. The molecule has 1 aliphatic rings. The van der Waals surface area contributed by atoms with Crippen molar-refractivity contribution in [1.82, 2.24) is 0 Å². The van der Waals surface area contributed by atoms with Crippen LogP contribution in [0.25, 0.3) is 11.1 Å². The van der Waals surface area contributed by atoms with E-state index in [0.717, 1.165) is 35.2 Å². The van der Waals surface area contributed by atoms with Gasteiger partial charge >= 0.3 is 18.9 Å². The molecule has 0 radical (unpaired) electrons. The molecule has 1 unspecified atom stereocenters. The minimum absolute atomic E-state index is 0.195. The molecule has 188 valence electrons. The fraction of sp³-hybridized carbons (Fsp3) is 0.280. The van der Waals surface area contributed by atoms with Crippen molar-refractivity contribution in [3.8, 4) is 22.6 Å². The Bertz CT molecular complexity index is 1100. The predicted molar refractivity (Wildman–Crippen MR) is 118 cm³/mol. The second-order valence-corrected chi connectivity index (χ2v) is 7.77. The molecule has 3 aromatic carbocycles. The molecule has 1 N–H and O–H groups in total. The summed E-state index contributed by atoms with van der Waals surface area (Å²) in [5.74, 6) is -0.479. The average Bonchev–Trinajstić information content (AvgIpc) is 2.78. The van der Waals surface area contributed by atoms with Crippen molar-refractivity contribution < 1.29 is 40.2 Å². The molecule has 0 saturated carbocycles. The first-order chi connectivity index (χ1) is 16.4. The van der Waals surface area contributed by atoms with E-state index in [-0.39, 0.29) is 11.5 Å². The van der Waals surface area contributed by atoms with Crippen molar-refractivity contribution in [1.29, 1.82) is 0 Å². The summed E-state index contributed by atoms with van der Waals surface area (Å²) in [5.41, 5.74) is 3.88. The zero-order valence-electron chi connectivity index (χ0n) is 18.5. The minimum Gasteiger partial charge on any atom is -0.428 e. The van der Waals surface area contributed by atoms with E-state index in [1.54, 1.807) is 18.2 Å². The van der Waals surface area contributed by atoms with Gasteiger partial charge in [0.25, 0.3) is 0 Å². The summed E-state index contributed by atoms with van der Waals surface area (Å²) in [6, 6.07) is 19.1. The van der Waals surface area contributed by atoms with Crippen LogP contribution in [0, 0.1) is 0 Å². The van der Waals surface area contributed by atoms with Crippen molar-refractivity contribution in [2.24, 2.45) is 0 Å². The van der Waals surface area contributed by atoms with Crippen LogP contribution in [0.15, 0.2) is 72.8 Å². The molecular formula is C25H22F7NO2. The molecule has 0 fully saturated rings. The van der Waals surface area contributed by atoms with Gasteiger partial charge in [-0.3, -0.25) is 0 Å². The quantitative estimate of drug-likeness (QED) is 0.360. The summed E-state index contributed by atoms with van der Waals surface area (Å²) < 4.78 is 92.6. The molecule has 3 nitrogen and oxygen atoms in total. The Morgan fingerprint density at radius 3 is 2.14 bits per heavy atom. The van der Waals surface area contributed by atoms with Gasteiger partial charge in [0.15, 0.2) is 0 Å². The van der Waals surface area contributed by atoms with E-state index >= 15 is 0 Å². The molecule has 0 saturated heterocycles. The second kappa shape index (κ2) is 10.9. The van der Waals surface area contributed by atoms with Crippen LogP contribution in [-0.2, 0) is 6.42 Å². The van der Waals surface area contributed by atoms with Gasteiger partial charge in [-0.2, -0.15) is 17.6 Å². The smallest absolute Gasteiger partial charge is 0.428 e. The Hall–Kier alpha value is -3.43. The van der Waals surface area contributed by atoms with Gasteiger partial charge in [-0.25, -0.2) is 0 Å². The molecule has 1 heterocycles. The summed E-state index contributed by atoms with van der Waals surface area (Å²) >= 11 is 0. The molecule has 3 aromatic rings. The van der Waals surface area contributed by atoms with Crippen molar-refractivity contribution in [3.05, 3.63) is 78.4 Å². The molecule has 1 aliphatic heterocycles. The largest absolute Gasteiger partial charge is 0.573 e. The normalized spacial score (nSPS) is 15.4. The highest BCUT2D eigenvalue weighted by molar-refractivity contribution is 5.75. The van der Waals surface area contributed by atoms with Crippen molar-refractivity contribution in [3.63, 3.8) is 0 Å². The van der Waals surface area contributed by atoms with E-state index in [4.69, 9.17) is 0 Å². The number of anilines is 1. The molecular weight excluding hydrogens is 479 g/mol. The van der Waals surface area contributed by atoms with Crippen LogP contribution in [0.5, 0.6) is 11.5 Å². The number of halogens is 7. The van der Waals surface area contributed by atoms with Crippen LogP contribution in [0.4, 0.5) is 36.4 Å². The minimum atomic E-state index is -4.67. The molecule has 35 heavy (non-hydrogen) atoms. The van der Waals surface area contributed by atoms with Crippen LogP contribution in [-0.4, -0.2) is 24.9 Å². The molecule has 0 spiro atoms. The maximum Gasteiger partial charge on any atom is 0.573 e. The number of rotatable bonds is 5. The van der Waals surface area contributed by atoms with Gasteiger partial charge in [0.05, 0.1) is 0 Å². The lowest BCUT2D eigenvalue weighted by Crippen LogP contribution is -2.33. The van der Waals surface area contributed by atoms with Gasteiger partial charge in [0.2, 0.25) is 0 Å². The van der Waals surface area contributed by atoms with Crippen molar-refractivity contribution in [2.75, 3.05) is 5.32 Å². The van der Waals surface area contributed by atoms with E-state index < -0.39 is 18.9 Å². The van der Waals surface area contributed by atoms with Gasteiger partial charge in [0.1, 0.15) is 11.5 Å². The summed E-state index contributed by atoms with van der Waals surface area (Å²) in [7, 11) is 0. The van der Waals surface area contributed by atoms with Gasteiger partial charge in [0, 0.05) is 11.7 Å². The van der Waals surface area contributed by atoms with E-state index in [2.05, 4.69) is 21.7 Å². The van der Waals surface area contributed by atoms with E-state index in [1.807, 2.05) is 18.2 Å². The lowest BCUT2D eigenvalue weighted by Gasteiger charge is -2.26. The Labute approximate surface area is 197 Å². The van der Waals surface area contributed by atoms with E-state index in [9.17, 15) is 30.7 Å². The van der Waals surface area contributed by atoms with Gasteiger partial charge < -0.3 is 14.8 Å². The highest BCUT2D eigenvalue weighted by Crippen LogP contribution is 2.36. The van der Waals surface area contributed by atoms with Gasteiger partial charge in [-0.15, -0.1) is 13.2 Å². The fourth-order valence-electron chi connectivity index (χ4n) is 3.51. The fourth-order valence-corrected chi connectivity index (χ4v) is 3.51. The zero-order chi connectivity index (χ0) is 25.6. The van der Waals surface area contributed by atoms with Crippen LogP contribution in [0.2, 0.25) is 0 Å². The van der Waals surface area contributed by atoms with Gasteiger partial charge in [-0.05, 0) is 66.8 Å². The summed E-state index contributed by atoms with van der Waals surface area (Å²) in [5, 5.41) is 3.41. The molecule has 0 bridgehead atoms. The number of hydrogen-bond donors (Lipinski definition) is 1. The Kier molecular flexibility index (Phi) is 8.14. The monoisotopic (exact) mass is 501 g/mol. The third-order valence-corrected chi connectivity index (χ3v) is 5.04. The standard InChI is InChI=1S/C17H16F3NO.C8H6F4O/c1-11-8-9-15-14(6-3-7-16(15)21-11)12-4-2-5-13(10-12)22-17(18,19)20;9-7(10)8(11,12)13-6-4-2-1-3-5-6/h2-7,10-11,21H,8-9H2,1H3;1-5,7H. The molecule has 10 heteroatoms. The third kappa shape index (κ3) is 7.53. The van der Waals surface area contributed by atoms with Crippen LogP contribution in [0.3, 0.4) is 0 Å². The Balaban J connectivity index is 0.000000225. The van der Waals surface area contributed by atoms with E-state index in [0.29, 0.717) is 6.04 Å². The molecule has 4 rings (SSSR count). The highest BCUT2D eigenvalue weighted by Gasteiger charge is 2.43. The third-order valence-electron chi connectivity index (χ3n) is 5.04.